The average Bonchev–Trinajstić information content (AvgIpc) is 3.37. The summed E-state index contributed by atoms with van der Waals surface area (Å²) < 4.78 is 57.0. The number of hydrogen-bond donors (Lipinski definition) is 1. The Labute approximate surface area is 402 Å². The Hall–Kier alpha value is -5.55. The molecular weight excluding hydrogens is 896 g/mol. The summed E-state index contributed by atoms with van der Waals surface area (Å²) in [4.78, 5) is 42.0. The van der Waals surface area contributed by atoms with Crippen LogP contribution in [-0.2, 0) is 67.2 Å². The molecule has 16 nitrogen and oxygen atoms in total. The van der Waals surface area contributed by atoms with Crippen LogP contribution in [0.25, 0.3) is 10.4 Å². The largest absolute Gasteiger partial charge is 0.462 e. The highest BCUT2D eigenvalue weighted by Gasteiger charge is 2.54. The number of benzene rings is 4. The molecule has 2 fully saturated rings. The maximum atomic E-state index is 14.0. The van der Waals surface area contributed by atoms with Crippen LogP contribution in [-0.4, -0.2) is 98.9 Å². The molecule has 0 radical (unpaired) electrons. The molecule has 17 heteroatoms. The molecular formula is C51H61ClN4O12. The zero-order valence-corrected chi connectivity index (χ0v) is 39.2. The van der Waals surface area contributed by atoms with Crippen molar-refractivity contribution >= 4 is 29.6 Å². The van der Waals surface area contributed by atoms with Crippen molar-refractivity contribution in [1.29, 1.82) is 0 Å². The van der Waals surface area contributed by atoms with Gasteiger partial charge in [0.15, 0.2) is 18.7 Å². The van der Waals surface area contributed by atoms with Crippen LogP contribution in [0.15, 0.2) is 126 Å². The van der Waals surface area contributed by atoms with Crippen LogP contribution in [0.5, 0.6) is 0 Å². The molecule has 1 amide bonds. The number of ether oxygens (including phenoxy) is 9. The van der Waals surface area contributed by atoms with Gasteiger partial charge in [0, 0.05) is 24.0 Å². The molecule has 6 rings (SSSR count). The number of amides is 1. The van der Waals surface area contributed by atoms with Crippen molar-refractivity contribution in [3.8, 4) is 0 Å². The lowest BCUT2D eigenvalue weighted by molar-refractivity contribution is -0.348. The van der Waals surface area contributed by atoms with E-state index in [-0.39, 0.29) is 44.5 Å². The van der Waals surface area contributed by atoms with E-state index in [2.05, 4.69) is 15.3 Å². The fourth-order valence-electron chi connectivity index (χ4n) is 8.10. The maximum absolute atomic E-state index is 14.0. The van der Waals surface area contributed by atoms with Gasteiger partial charge in [-0.1, -0.05) is 141 Å². The highest BCUT2D eigenvalue weighted by molar-refractivity contribution is 6.26. The molecule has 4 aromatic rings. The number of hydrogen-bond acceptors (Lipinski definition) is 13. The SMILES string of the molecule is CCC1OC(OC2C(COC(=O)CCl)OC(OCCCCCCNC(=O)OCc3ccccc3)C(OC(=O)c3ccccc3)C2OCc2ccccc2)C(N=[N+]=[N-])C(OCc2ccccc2)C1C. The lowest BCUT2D eigenvalue weighted by Gasteiger charge is -2.49. The van der Waals surface area contributed by atoms with E-state index in [1.54, 1.807) is 30.3 Å². The zero-order chi connectivity index (χ0) is 47.9. The molecule has 1 N–H and O–H groups in total. The first-order valence-electron chi connectivity index (χ1n) is 23.1. The van der Waals surface area contributed by atoms with Crippen LogP contribution in [0.4, 0.5) is 4.79 Å². The number of nitrogens with one attached hydrogen (secondary N) is 1. The Morgan fingerprint density at radius 3 is 1.85 bits per heavy atom. The minimum Gasteiger partial charge on any atom is -0.462 e. The summed E-state index contributed by atoms with van der Waals surface area (Å²) in [6.07, 6.45) is -5.31. The average molecular weight is 958 g/mol. The van der Waals surface area contributed by atoms with Crippen molar-refractivity contribution in [2.45, 2.75) is 121 Å². The predicted octanol–water partition coefficient (Wildman–Crippen LogP) is 9.23. The number of nitrogens with zero attached hydrogens (tertiary/aromatic N) is 3. The van der Waals surface area contributed by atoms with Crippen LogP contribution in [0, 0.1) is 5.92 Å². The van der Waals surface area contributed by atoms with E-state index in [1.165, 1.54) is 0 Å². The first-order chi connectivity index (χ1) is 33.3. The third-order valence-electron chi connectivity index (χ3n) is 11.7. The fourth-order valence-corrected chi connectivity index (χ4v) is 8.18. The van der Waals surface area contributed by atoms with Crippen LogP contribution in [0.2, 0.25) is 0 Å². The minimum absolute atomic E-state index is 0.0439. The van der Waals surface area contributed by atoms with Crippen molar-refractivity contribution in [3.05, 3.63) is 154 Å². The molecule has 2 saturated heterocycles. The van der Waals surface area contributed by atoms with E-state index < -0.39 is 79.2 Å². The second kappa shape index (κ2) is 28.1. The van der Waals surface area contributed by atoms with Gasteiger partial charge in [0.05, 0.1) is 31.0 Å². The minimum atomic E-state index is -1.25. The highest BCUT2D eigenvalue weighted by Crippen LogP contribution is 2.37. The van der Waals surface area contributed by atoms with Gasteiger partial charge in [0.25, 0.3) is 0 Å². The van der Waals surface area contributed by atoms with Crippen molar-refractivity contribution in [3.63, 3.8) is 0 Å². The number of carbonyl (C=O) groups excluding carboxylic acids is 3. The normalized spacial score (nSPS) is 24.5. The lowest BCUT2D eigenvalue weighted by Crippen LogP contribution is -2.65. The first kappa shape index (κ1) is 51.8. The van der Waals surface area contributed by atoms with Crippen molar-refractivity contribution < 1.29 is 57.0 Å². The number of rotatable bonds is 25. The molecule has 10 atom stereocenters. The number of alkyl halides is 1. The molecule has 0 aliphatic carbocycles. The summed E-state index contributed by atoms with van der Waals surface area (Å²) in [6.45, 7) is 4.68. The van der Waals surface area contributed by atoms with Crippen LogP contribution in [0.3, 0.4) is 0 Å². The molecule has 0 aromatic heterocycles. The Kier molecular flexibility index (Phi) is 21.4. The van der Waals surface area contributed by atoms with Gasteiger partial charge in [-0.05, 0) is 53.6 Å². The highest BCUT2D eigenvalue weighted by atomic mass is 35.5. The van der Waals surface area contributed by atoms with Gasteiger partial charge < -0.3 is 47.9 Å². The summed E-state index contributed by atoms with van der Waals surface area (Å²) in [6, 6.07) is 36.0. The quantitative estimate of drug-likeness (QED) is 0.0126. The molecule has 10 unspecified atom stereocenters. The molecule has 68 heavy (non-hydrogen) atoms. The molecule has 0 spiro atoms. The van der Waals surface area contributed by atoms with E-state index in [0.29, 0.717) is 25.8 Å². The van der Waals surface area contributed by atoms with E-state index in [0.717, 1.165) is 29.5 Å². The smallest absolute Gasteiger partial charge is 0.407 e. The molecule has 4 aromatic carbocycles. The summed E-state index contributed by atoms with van der Waals surface area (Å²) in [5.74, 6) is -2.02. The van der Waals surface area contributed by atoms with Gasteiger partial charge in [-0.25, -0.2) is 9.59 Å². The van der Waals surface area contributed by atoms with Crippen LogP contribution < -0.4 is 5.32 Å². The third kappa shape index (κ3) is 15.8. The summed E-state index contributed by atoms with van der Waals surface area (Å²) in [5, 5.41) is 6.97. The van der Waals surface area contributed by atoms with Gasteiger partial charge in [-0.2, -0.15) is 0 Å². The van der Waals surface area contributed by atoms with E-state index in [1.807, 2.05) is 105 Å². The molecule has 2 aliphatic rings. The second-order valence-corrected chi connectivity index (χ2v) is 16.8. The Morgan fingerprint density at radius 1 is 0.676 bits per heavy atom. The van der Waals surface area contributed by atoms with E-state index in [9.17, 15) is 19.9 Å². The number of esters is 2. The number of carbonyl (C=O) groups is 3. The van der Waals surface area contributed by atoms with E-state index in [4.69, 9.17) is 54.2 Å². The van der Waals surface area contributed by atoms with Crippen molar-refractivity contribution in [1.82, 2.24) is 5.32 Å². The summed E-state index contributed by atoms with van der Waals surface area (Å²) in [5.41, 5.74) is 12.9. The molecule has 0 saturated carbocycles. The molecule has 2 heterocycles. The standard InChI is InChI=1S/C51H61ClN4O12/c1-3-40-35(2)44(62-31-36-20-10-6-11-21-36)43(55-56-53)49(65-40)68-45-41(34-61-42(57)30-52)66-50(60-29-19-5-4-18-28-54-51(59)64-33-38-24-14-8-15-25-38)47(67-48(58)39-26-16-9-17-27-39)46(45)63-32-37-22-12-7-13-23-37/h6-17,20-27,35,40-41,43-47,49-50H,3-5,18-19,28-34H2,1-2H3,(H,54,59). The van der Waals surface area contributed by atoms with Gasteiger partial charge >= 0.3 is 18.0 Å². The number of halogens is 1. The maximum Gasteiger partial charge on any atom is 0.407 e. The Balaban J connectivity index is 1.23. The van der Waals surface area contributed by atoms with Gasteiger partial charge in [0.2, 0.25) is 0 Å². The summed E-state index contributed by atoms with van der Waals surface area (Å²) in [7, 11) is 0. The number of azide groups is 1. The monoisotopic (exact) mass is 956 g/mol. The fraction of sp³-hybridized carbons (Fsp3) is 0.471. The predicted molar refractivity (Wildman–Crippen MR) is 251 cm³/mol. The number of alkyl carbamates (subject to hydrolysis) is 1. The van der Waals surface area contributed by atoms with Crippen molar-refractivity contribution in [2.75, 3.05) is 25.6 Å². The molecule has 0 bridgehead atoms. The van der Waals surface area contributed by atoms with Crippen molar-refractivity contribution in [2.24, 2.45) is 11.0 Å². The lowest BCUT2D eigenvalue weighted by atomic mass is 9.87. The molecule has 2 aliphatic heterocycles. The van der Waals surface area contributed by atoms with Crippen LogP contribution in [0.1, 0.15) is 73.0 Å². The first-order valence-corrected chi connectivity index (χ1v) is 23.7. The zero-order valence-electron chi connectivity index (χ0n) is 38.4. The second-order valence-electron chi connectivity index (χ2n) is 16.5. The Morgan fingerprint density at radius 2 is 1.25 bits per heavy atom. The van der Waals surface area contributed by atoms with Gasteiger partial charge in [-0.15, -0.1) is 11.6 Å². The van der Waals surface area contributed by atoms with Crippen LogP contribution >= 0.6 is 11.6 Å². The summed E-state index contributed by atoms with van der Waals surface area (Å²) >= 11 is 5.89. The third-order valence-corrected chi connectivity index (χ3v) is 11.9. The Bertz CT molecular complexity index is 2160. The topological polar surface area (TPSA) is 195 Å². The van der Waals surface area contributed by atoms with Gasteiger partial charge in [0.1, 0.15) is 43.4 Å². The van der Waals surface area contributed by atoms with E-state index >= 15 is 0 Å². The van der Waals surface area contributed by atoms with Gasteiger partial charge in [-0.3, -0.25) is 4.79 Å². The molecule has 364 valence electrons. The number of unbranched alkanes of at least 4 members (excludes halogenated alkanes) is 3.